The third kappa shape index (κ3) is 2.35. The van der Waals surface area contributed by atoms with Crippen LogP contribution in [0.25, 0.3) is 10.8 Å². The van der Waals surface area contributed by atoms with Gasteiger partial charge in [0.2, 0.25) is 0 Å². The molecule has 1 aromatic heterocycles. The Kier molecular flexibility index (Phi) is 3.25. The van der Waals surface area contributed by atoms with Gasteiger partial charge >= 0.3 is 0 Å². The van der Waals surface area contributed by atoms with Crippen LogP contribution in [0.3, 0.4) is 0 Å². The summed E-state index contributed by atoms with van der Waals surface area (Å²) in [5, 5.41) is 5.45. The first-order chi connectivity index (χ1) is 9.25. The molecule has 3 N–H and O–H groups in total. The lowest BCUT2D eigenvalue weighted by Gasteiger charge is -2.12. The number of nitrogen functional groups attached to an aromatic ring is 1. The highest BCUT2D eigenvalue weighted by Gasteiger charge is 2.06. The van der Waals surface area contributed by atoms with Crippen molar-refractivity contribution in [2.24, 2.45) is 0 Å². The van der Waals surface area contributed by atoms with Gasteiger partial charge in [-0.15, -0.1) is 0 Å². The van der Waals surface area contributed by atoms with Gasteiger partial charge in [0, 0.05) is 26.7 Å². The van der Waals surface area contributed by atoms with Gasteiger partial charge in [0.25, 0.3) is 0 Å². The molecule has 0 aliphatic heterocycles. The zero-order valence-corrected chi connectivity index (χ0v) is 12.3. The SMILES string of the molecule is Nc1c(Nc2ccccc2I)ccc2cnccc12. The molecular formula is C15H12IN3. The molecule has 3 rings (SSSR count). The third-order valence-corrected chi connectivity index (χ3v) is 3.95. The molecule has 0 spiro atoms. The van der Waals surface area contributed by atoms with Crippen molar-refractivity contribution in [2.75, 3.05) is 11.1 Å². The van der Waals surface area contributed by atoms with Crippen LogP contribution in [-0.2, 0) is 0 Å². The molecule has 2 aromatic carbocycles. The van der Waals surface area contributed by atoms with E-state index in [2.05, 4.69) is 39.0 Å². The van der Waals surface area contributed by atoms with Crippen molar-refractivity contribution in [1.82, 2.24) is 4.98 Å². The molecule has 0 aliphatic rings. The van der Waals surface area contributed by atoms with Gasteiger partial charge in [-0.25, -0.2) is 0 Å². The Morgan fingerprint density at radius 1 is 1.00 bits per heavy atom. The largest absolute Gasteiger partial charge is 0.397 e. The first kappa shape index (κ1) is 12.2. The number of para-hydroxylation sites is 1. The van der Waals surface area contributed by atoms with E-state index in [0.717, 1.165) is 31.4 Å². The van der Waals surface area contributed by atoms with E-state index >= 15 is 0 Å². The fourth-order valence-electron chi connectivity index (χ4n) is 2.01. The number of fused-ring (bicyclic) bond motifs is 1. The maximum absolute atomic E-state index is 6.22. The first-order valence-corrected chi connectivity index (χ1v) is 6.97. The molecule has 0 fully saturated rings. The van der Waals surface area contributed by atoms with E-state index < -0.39 is 0 Å². The number of pyridine rings is 1. The van der Waals surface area contributed by atoms with Crippen molar-refractivity contribution < 1.29 is 0 Å². The Morgan fingerprint density at radius 2 is 1.84 bits per heavy atom. The maximum atomic E-state index is 6.22. The molecular weight excluding hydrogens is 349 g/mol. The zero-order valence-electron chi connectivity index (χ0n) is 10.1. The van der Waals surface area contributed by atoms with Crippen LogP contribution in [0.15, 0.2) is 54.9 Å². The van der Waals surface area contributed by atoms with Crippen molar-refractivity contribution in [1.29, 1.82) is 0 Å². The van der Waals surface area contributed by atoms with Gasteiger partial charge in [-0.2, -0.15) is 0 Å². The molecule has 0 saturated heterocycles. The second kappa shape index (κ2) is 5.05. The molecule has 0 amide bonds. The molecule has 0 radical (unpaired) electrons. The Hall–Kier alpha value is -1.82. The van der Waals surface area contributed by atoms with Crippen LogP contribution in [0.2, 0.25) is 0 Å². The molecule has 4 heteroatoms. The van der Waals surface area contributed by atoms with Crippen LogP contribution in [0.1, 0.15) is 0 Å². The Balaban J connectivity index is 2.07. The number of benzene rings is 2. The lowest BCUT2D eigenvalue weighted by atomic mass is 10.1. The van der Waals surface area contributed by atoms with Gasteiger partial charge in [0.05, 0.1) is 17.1 Å². The fourth-order valence-corrected chi connectivity index (χ4v) is 2.53. The smallest absolute Gasteiger partial charge is 0.0634 e. The van der Waals surface area contributed by atoms with Crippen molar-refractivity contribution in [2.45, 2.75) is 0 Å². The van der Waals surface area contributed by atoms with Gasteiger partial charge in [-0.1, -0.05) is 18.2 Å². The predicted molar refractivity (Wildman–Crippen MR) is 88.6 cm³/mol. The average molecular weight is 361 g/mol. The molecule has 1 heterocycles. The molecule has 3 nitrogen and oxygen atoms in total. The van der Waals surface area contributed by atoms with Crippen molar-refractivity contribution in [3.05, 3.63) is 58.4 Å². The van der Waals surface area contributed by atoms with Gasteiger partial charge in [-0.3, -0.25) is 4.98 Å². The minimum Gasteiger partial charge on any atom is -0.397 e. The number of aromatic nitrogens is 1. The van der Waals surface area contributed by atoms with E-state index in [1.807, 2.05) is 42.6 Å². The minimum atomic E-state index is 0.750. The summed E-state index contributed by atoms with van der Waals surface area (Å²) in [5.41, 5.74) is 8.95. The topological polar surface area (TPSA) is 50.9 Å². The number of halogens is 1. The summed E-state index contributed by atoms with van der Waals surface area (Å²) in [6.07, 6.45) is 3.58. The number of anilines is 3. The van der Waals surface area contributed by atoms with Crippen molar-refractivity contribution in [3.63, 3.8) is 0 Å². The summed E-state index contributed by atoms with van der Waals surface area (Å²) in [6.45, 7) is 0. The summed E-state index contributed by atoms with van der Waals surface area (Å²) in [5.74, 6) is 0. The van der Waals surface area contributed by atoms with E-state index in [4.69, 9.17) is 5.73 Å². The number of hydrogen-bond donors (Lipinski definition) is 2. The van der Waals surface area contributed by atoms with Crippen LogP contribution >= 0.6 is 22.6 Å². The summed E-state index contributed by atoms with van der Waals surface area (Å²) in [6, 6.07) is 14.1. The van der Waals surface area contributed by atoms with Gasteiger partial charge in [0.1, 0.15) is 0 Å². The van der Waals surface area contributed by atoms with Gasteiger partial charge < -0.3 is 11.1 Å². The molecule has 19 heavy (non-hydrogen) atoms. The number of nitrogens with one attached hydrogen (secondary N) is 1. The van der Waals surface area contributed by atoms with E-state index in [9.17, 15) is 0 Å². The van der Waals surface area contributed by atoms with E-state index in [0.29, 0.717) is 0 Å². The quantitative estimate of drug-likeness (QED) is 0.532. The van der Waals surface area contributed by atoms with E-state index in [1.54, 1.807) is 6.20 Å². The lowest BCUT2D eigenvalue weighted by Crippen LogP contribution is -1.98. The lowest BCUT2D eigenvalue weighted by molar-refractivity contribution is 1.36. The number of nitrogens with two attached hydrogens (primary N) is 1. The summed E-state index contributed by atoms with van der Waals surface area (Å²) < 4.78 is 1.16. The van der Waals surface area contributed by atoms with Crippen LogP contribution in [0, 0.1) is 3.57 Å². The van der Waals surface area contributed by atoms with E-state index in [-0.39, 0.29) is 0 Å². The molecule has 0 aliphatic carbocycles. The zero-order chi connectivity index (χ0) is 13.2. The maximum Gasteiger partial charge on any atom is 0.0634 e. The summed E-state index contributed by atoms with van der Waals surface area (Å²) in [7, 11) is 0. The van der Waals surface area contributed by atoms with Gasteiger partial charge in [-0.05, 0) is 46.9 Å². The summed E-state index contributed by atoms with van der Waals surface area (Å²) in [4.78, 5) is 4.10. The molecule has 94 valence electrons. The molecule has 0 bridgehead atoms. The monoisotopic (exact) mass is 361 g/mol. The fraction of sp³-hybridized carbons (Fsp3) is 0. The molecule has 3 aromatic rings. The molecule has 0 unspecified atom stereocenters. The Bertz CT molecular complexity index is 740. The predicted octanol–water partition coefficient (Wildman–Crippen LogP) is 4.17. The highest BCUT2D eigenvalue weighted by molar-refractivity contribution is 14.1. The Labute approximate surface area is 125 Å². The van der Waals surface area contributed by atoms with Crippen LogP contribution in [0.5, 0.6) is 0 Å². The number of rotatable bonds is 2. The van der Waals surface area contributed by atoms with Crippen molar-refractivity contribution >= 4 is 50.4 Å². The molecule has 0 atom stereocenters. The normalized spacial score (nSPS) is 10.6. The number of nitrogens with zero attached hydrogens (tertiary/aromatic N) is 1. The average Bonchev–Trinajstić information content (AvgIpc) is 2.44. The minimum absolute atomic E-state index is 0.750. The molecule has 0 saturated carbocycles. The highest BCUT2D eigenvalue weighted by Crippen LogP contribution is 2.31. The standard InChI is InChI=1S/C15H12IN3/c16-12-3-1-2-4-13(12)19-14-6-5-10-9-18-8-7-11(10)15(14)17/h1-9,19H,17H2. The first-order valence-electron chi connectivity index (χ1n) is 5.89. The third-order valence-electron chi connectivity index (χ3n) is 3.00. The number of hydrogen-bond acceptors (Lipinski definition) is 3. The second-order valence-corrected chi connectivity index (χ2v) is 5.39. The second-order valence-electron chi connectivity index (χ2n) is 4.23. The summed E-state index contributed by atoms with van der Waals surface area (Å²) >= 11 is 2.30. The van der Waals surface area contributed by atoms with Crippen molar-refractivity contribution in [3.8, 4) is 0 Å². The Morgan fingerprint density at radius 3 is 2.68 bits per heavy atom. The van der Waals surface area contributed by atoms with Crippen LogP contribution in [-0.4, -0.2) is 4.98 Å². The van der Waals surface area contributed by atoms with Crippen LogP contribution < -0.4 is 11.1 Å². The van der Waals surface area contributed by atoms with Crippen LogP contribution in [0.4, 0.5) is 17.1 Å². The highest BCUT2D eigenvalue weighted by atomic mass is 127. The van der Waals surface area contributed by atoms with Gasteiger partial charge in [0.15, 0.2) is 0 Å². The van der Waals surface area contributed by atoms with E-state index in [1.165, 1.54) is 0 Å².